The van der Waals surface area contributed by atoms with Gasteiger partial charge in [-0.25, -0.2) is 0 Å². The number of rotatable bonds is 10. The third-order valence-electron chi connectivity index (χ3n) is 2.67. The van der Waals surface area contributed by atoms with Crippen molar-refractivity contribution in [2.75, 3.05) is 6.61 Å². The van der Waals surface area contributed by atoms with E-state index in [4.69, 9.17) is 4.74 Å². The lowest BCUT2D eigenvalue weighted by atomic mass is 10.2. The van der Waals surface area contributed by atoms with Crippen molar-refractivity contribution in [3.05, 3.63) is 72.4 Å². The number of carbonyl (C=O) groups excluding carboxylic acids is 1. The molecule has 0 aliphatic carbocycles. The van der Waals surface area contributed by atoms with Crippen molar-refractivity contribution in [2.24, 2.45) is 0 Å². The first-order valence-corrected chi connectivity index (χ1v) is 6.97. The fourth-order valence-corrected chi connectivity index (χ4v) is 1.63. The fraction of sp³-hybridized carbons (Fsp3) is 0.278. The molecule has 0 bridgehead atoms. The standard InChI is InChI=1S/C18H22O2/c19-15-11-6-4-2-1-3-5-7-12-16-20-17-18-13-9-8-10-14-18/h3,5-15H,1-2,4,16-17H2/b5-3+,11-6+,12-7+. The minimum Gasteiger partial charge on any atom is -0.373 e. The zero-order valence-electron chi connectivity index (χ0n) is 11.8. The van der Waals surface area contributed by atoms with E-state index in [2.05, 4.69) is 18.2 Å². The number of hydrogen-bond donors (Lipinski definition) is 0. The molecule has 0 aliphatic heterocycles. The van der Waals surface area contributed by atoms with Gasteiger partial charge < -0.3 is 4.74 Å². The maximum Gasteiger partial charge on any atom is 0.142 e. The highest BCUT2D eigenvalue weighted by atomic mass is 16.5. The van der Waals surface area contributed by atoms with Gasteiger partial charge in [-0.2, -0.15) is 0 Å². The summed E-state index contributed by atoms with van der Waals surface area (Å²) < 4.78 is 5.53. The summed E-state index contributed by atoms with van der Waals surface area (Å²) in [6.07, 6.45) is 15.5. The molecule has 2 heteroatoms. The molecule has 106 valence electrons. The van der Waals surface area contributed by atoms with Crippen LogP contribution in [-0.4, -0.2) is 12.9 Å². The van der Waals surface area contributed by atoms with Crippen molar-refractivity contribution < 1.29 is 9.53 Å². The van der Waals surface area contributed by atoms with E-state index in [0.29, 0.717) is 13.2 Å². The number of carbonyl (C=O) groups is 1. The summed E-state index contributed by atoms with van der Waals surface area (Å²) >= 11 is 0. The third-order valence-corrected chi connectivity index (χ3v) is 2.67. The highest BCUT2D eigenvalue weighted by Gasteiger charge is 1.88. The molecule has 0 fully saturated rings. The average molecular weight is 270 g/mol. The Labute approximate surface area is 121 Å². The fourth-order valence-electron chi connectivity index (χ4n) is 1.63. The van der Waals surface area contributed by atoms with E-state index in [9.17, 15) is 4.79 Å². The van der Waals surface area contributed by atoms with Crippen LogP contribution < -0.4 is 0 Å². The summed E-state index contributed by atoms with van der Waals surface area (Å²) in [6.45, 7) is 1.28. The lowest BCUT2D eigenvalue weighted by Gasteiger charge is -2.00. The van der Waals surface area contributed by atoms with Crippen LogP contribution in [-0.2, 0) is 16.1 Å². The Kier molecular flexibility index (Phi) is 9.77. The Morgan fingerprint density at radius 1 is 0.900 bits per heavy atom. The molecule has 1 rings (SSSR count). The van der Waals surface area contributed by atoms with Gasteiger partial charge in [0.2, 0.25) is 0 Å². The van der Waals surface area contributed by atoms with Crippen LogP contribution in [0.1, 0.15) is 24.8 Å². The molecule has 0 saturated heterocycles. The van der Waals surface area contributed by atoms with Gasteiger partial charge >= 0.3 is 0 Å². The molecule has 0 heterocycles. The van der Waals surface area contributed by atoms with Crippen LogP contribution in [0.3, 0.4) is 0 Å². The Morgan fingerprint density at radius 3 is 2.35 bits per heavy atom. The Morgan fingerprint density at radius 2 is 1.60 bits per heavy atom. The highest BCUT2D eigenvalue weighted by Crippen LogP contribution is 2.00. The number of allylic oxidation sites excluding steroid dienone is 5. The first-order chi connectivity index (χ1) is 9.93. The second kappa shape index (κ2) is 12.1. The van der Waals surface area contributed by atoms with E-state index in [-0.39, 0.29) is 0 Å². The lowest BCUT2D eigenvalue weighted by Crippen LogP contribution is -1.91. The predicted molar refractivity (Wildman–Crippen MR) is 83.4 cm³/mol. The molecule has 0 amide bonds. The molecule has 0 radical (unpaired) electrons. The van der Waals surface area contributed by atoms with Gasteiger partial charge in [0.25, 0.3) is 0 Å². The molecule has 0 aliphatic rings. The van der Waals surface area contributed by atoms with Crippen LogP contribution in [0.15, 0.2) is 66.8 Å². The van der Waals surface area contributed by atoms with E-state index in [0.717, 1.165) is 25.5 Å². The van der Waals surface area contributed by atoms with Gasteiger partial charge in [0.05, 0.1) is 13.2 Å². The second-order valence-electron chi connectivity index (χ2n) is 4.35. The topological polar surface area (TPSA) is 26.3 Å². The highest BCUT2D eigenvalue weighted by molar-refractivity contribution is 5.64. The molecular formula is C18H22O2. The van der Waals surface area contributed by atoms with Gasteiger partial charge in [-0.05, 0) is 30.9 Å². The number of ether oxygens (including phenoxy) is 1. The second-order valence-corrected chi connectivity index (χ2v) is 4.35. The number of hydrogen-bond acceptors (Lipinski definition) is 2. The Bertz CT molecular complexity index is 430. The van der Waals surface area contributed by atoms with Crippen LogP contribution in [0, 0.1) is 0 Å². The first-order valence-electron chi connectivity index (χ1n) is 6.97. The van der Waals surface area contributed by atoms with Crippen molar-refractivity contribution in [1.29, 1.82) is 0 Å². The quantitative estimate of drug-likeness (QED) is 0.275. The van der Waals surface area contributed by atoms with E-state index in [1.165, 1.54) is 5.56 Å². The van der Waals surface area contributed by atoms with Crippen LogP contribution in [0.25, 0.3) is 0 Å². The van der Waals surface area contributed by atoms with Gasteiger partial charge in [-0.3, -0.25) is 4.79 Å². The normalized spacial score (nSPS) is 11.8. The summed E-state index contributed by atoms with van der Waals surface area (Å²) in [5.41, 5.74) is 1.19. The van der Waals surface area contributed by atoms with Crippen LogP contribution in [0.4, 0.5) is 0 Å². The van der Waals surface area contributed by atoms with Gasteiger partial charge in [0, 0.05) is 0 Å². The Balaban J connectivity index is 1.99. The molecule has 0 spiro atoms. The molecule has 0 aromatic heterocycles. The van der Waals surface area contributed by atoms with E-state index in [1.54, 1.807) is 6.08 Å². The zero-order valence-corrected chi connectivity index (χ0v) is 11.8. The average Bonchev–Trinajstić information content (AvgIpc) is 2.49. The van der Waals surface area contributed by atoms with Crippen LogP contribution in [0.5, 0.6) is 0 Å². The first kappa shape index (κ1) is 16.1. The van der Waals surface area contributed by atoms with Gasteiger partial charge in [-0.1, -0.05) is 60.7 Å². The number of benzene rings is 1. The molecule has 1 aromatic rings. The van der Waals surface area contributed by atoms with Crippen LogP contribution in [0.2, 0.25) is 0 Å². The van der Waals surface area contributed by atoms with E-state index < -0.39 is 0 Å². The molecule has 0 N–H and O–H groups in total. The largest absolute Gasteiger partial charge is 0.373 e. The third kappa shape index (κ3) is 9.06. The smallest absolute Gasteiger partial charge is 0.142 e. The van der Waals surface area contributed by atoms with Crippen molar-refractivity contribution >= 4 is 6.29 Å². The Hall–Kier alpha value is -1.93. The summed E-state index contributed by atoms with van der Waals surface area (Å²) in [5.74, 6) is 0. The SMILES string of the molecule is O=C/C=C/CCC/C=C/C=C/COCc1ccccc1. The minimum atomic E-state index is 0.626. The molecule has 1 aromatic carbocycles. The maximum absolute atomic E-state index is 10.0. The van der Waals surface area contributed by atoms with Gasteiger partial charge in [0.15, 0.2) is 0 Å². The monoisotopic (exact) mass is 270 g/mol. The summed E-state index contributed by atoms with van der Waals surface area (Å²) in [7, 11) is 0. The lowest BCUT2D eigenvalue weighted by molar-refractivity contribution is -0.104. The summed E-state index contributed by atoms with van der Waals surface area (Å²) in [5, 5.41) is 0. The molecule has 20 heavy (non-hydrogen) atoms. The van der Waals surface area contributed by atoms with Crippen molar-refractivity contribution in [3.63, 3.8) is 0 Å². The van der Waals surface area contributed by atoms with Crippen molar-refractivity contribution in [1.82, 2.24) is 0 Å². The molecule has 0 unspecified atom stereocenters. The zero-order chi connectivity index (χ0) is 14.3. The molecular weight excluding hydrogens is 248 g/mol. The molecule has 0 saturated carbocycles. The van der Waals surface area contributed by atoms with Crippen molar-refractivity contribution in [2.45, 2.75) is 25.9 Å². The minimum absolute atomic E-state index is 0.626. The summed E-state index contributed by atoms with van der Waals surface area (Å²) in [6, 6.07) is 10.2. The predicted octanol–water partition coefficient (Wildman–Crippen LogP) is 4.24. The molecule has 0 atom stereocenters. The number of unbranched alkanes of at least 4 members (excludes halogenated alkanes) is 2. The van der Waals surface area contributed by atoms with Crippen molar-refractivity contribution in [3.8, 4) is 0 Å². The van der Waals surface area contributed by atoms with Gasteiger partial charge in [-0.15, -0.1) is 0 Å². The molecule has 2 nitrogen and oxygen atoms in total. The summed E-state index contributed by atoms with van der Waals surface area (Å²) in [4.78, 5) is 10.0. The van der Waals surface area contributed by atoms with E-state index >= 15 is 0 Å². The van der Waals surface area contributed by atoms with Gasteiger partial charge in [0.1, 0.15) is 6.29 Å². The van der Waals surface area contributed by atoms with Crippen LogP contribution >= 0.6 is 0 Å². The maximum atomic E-state index is 10.0. The number of aldehydes is 1. The van der Waals surface area contributed by atoms with E-state index in [1.807, 2.05) is 42.5 Å².